The summed E-state index contributed by atoms with van der Waals surface area (Å²) in [6.45, 7) is 30.2. The summed E-state index contributed by atoms with van der Waals surface area (Å²) in [7, 11) is 8.92. The Morgan fingerprint density at radius 1 is 0.404 bits per heavy atom. The van der Waals surface area contributed by atoms with Crippen LogP contribution in [0.1, 0.15) is 199 Å². The van der Waals surface area contributed by atoms with Gasteiger partial charge in [-0.3, -0.25) is 19.9 Å². The first-order valence-corrected chi connectivity index (χ1v) is 41.2. The maximum absolute atomic E-state index is 12.0. The molecular formula is C96H120N12O. The van der Waals surface area contributed by atoms with E-state index < -0.39 is 0 Å². The first-order chi connectivity index (χ1) is 52.9. The van der Waals surface area contributed by atoms with Gasteiger partial charge >= 0.3 is 0 Å². The van der Waals surface area contributed by atoms with E-state index >= 15 is 0 Å². The summed E-state index contributed by atoms with van der Waals surface area (Å²) >= 11 is 0. The molecule has 12 heterocycles. The molecule has 0 N–H and O–H groups in total. The van der Waals surface area contributed by atoms with Crippen molar-refractivity contribution in [3.8, 4) is 0 Å². The van der Waals surface area contributed by atoms with Crippen LogP contribution in [0.3, 0.4) is 0 Å². The molecule has 12 aromatic rings. The van der Waals surface area contributed by atoms with Crippen molar-refractivity contribution in [3.63, 3.8) is 0 Å². The zero-order valence-corrected chi connectivity index (χ0v) is 67.6. The van der Waals surface area contributed by atoms with Gasteiger partial charge in [0, 0.05) is 250 Å². The number of pyridine rings is 4. The molecule has 0 radical (unpaired) electrons. The molecule has 109 heavy (non-hydrogen) atoms. The Morgan fingerprint density at radius 2 is 0.697 bits per heavy atom. The van der Waals surface area contributed by atoms with Crippen molar-refractivity contribution in [1.82, 2.24) is 57.8 Å². The lowest BCUT2D eigenvalue weighted by Crippen LogP contribution is -2.28. The monoisotopic (exact) mass is 1460 g/mol. The number of benzene rings is 4. The minimum absolute atomic E-state index is 0.172. The summed E-state index contributed by atoms with van der Waals surface area (Å²) in [5, 5.41) is 5.75. The number of ketones is 1. The molecule has 17 rings (SSSR count). The van der Waals surface area contributed by atoms with Gasteiger partial charge in [-0.1, -0.05) is 99.4 Å². The van der Waals surface area contributed by atoms with Gasteiger partial charge in [-0.25, -0.2) is 0 Å². The fraction of sp³-hybridized carbons (Fsp3) is 0.448. The minimum Gasteiger partial charge on any atom is -0.344 e. The molecular weight excluding hydrogens is 1340 g/mol. The molecule has 4 aromatic carbocycles. The fourth-order valence-electron chi connectivity index (χ4n) is 19.2. The van der Waals surface area contributed by atoms with Crippen LogP contribution in [-0.4, -0.2) is 118 Å². The second kappa shape index (κ2) is 35.0. The summed E-state index contributed by atoms with van der Waals surface area (Å²) in [4.78, 5) is 38.6. The average Bonchev–Trinajstić information content (AvgIpc) is 1.63. The summed E-state index contributed by atoms with van der Waals surface area (Å²) < 4.78 is 10.4. The van der Waals surface area contributed by atoms with Gasteiger partial charge in [0.1, 0.15) is 5.78 Å². The van der Waals surface area contributed by atoms with Gasteiger partial charge < -0.3 is 42.7 Å². The summed E-state index contributed by atoms with van der Waals surface area (Å²) in [5.41, 5.74) is 28.6. The molecule has 4 unspecified atom stereocenters. The topological polar surface area (TPSA) is 101 Å². The molecule has 0 spiro atoms. The van der Waals surface area contributed by atoms with Crippen LogP contribution in [-0.2, 0) is 82.8 Å². The zero-order valence-electron chi connectivity index (χ0n) is 67.6. The molecule has 4 atom stereocenters. The quantitative estimate of drug-likeness (QED) is 0.0738. The number of Topliss-reactive ketones (excluding diaryl/α,β-unsaturated/α-hetero) is 1. The SMILES string of the molecule is CC(=O)CC(Cn1c2c(c3cc(C)ccc31)CN(C)CC2)c1ccncc1.CCCC(Cn1c2c(c3cc(C)ccc31)CN(C)CC2)c1ccncc1.Cc1ccc2c(c1)c1c(n2CC(CC(C)C)c2ccncc2)CCN(C)C1.Cc1ccc2c(c1)c1c(n2CC(CC2CCCC2)c2ccncc2)CCN(C)C1. The van der Waals surface area contributed by atoms with Crippen molar-refractivity contribution in [3.05, 3.63) is 260 Å². The predicted molar refractivity (Wildman–Crippen MR) is 451 cm³/mol. The van der Waals surface area contributed by atoms with Gasteiger partial charge in [-0.05, 0) is 235 Å². The standard InChI is InChI=1S/C26H33N3.C24H31N3.C23H27N3O.C23H29N3/c1-19-7-8-25-23(15-19)24-18-28(2)14-11-26(24)29(25)17-22(16-20-5-3-4-6-20)21-9-12-27-13-10-21;1-17(2)13-20(19-7-10-25-11-8-19)15-27-23-6-5-18(3)14-21(23)22-16-26(4)12-9-24(22)27;1-16-4-5-22-20(12-16)21-15-25(3)11-8-23(21)26(22)14-19(13-17(2)27)18-6-9-24-10-7-18;1-4-5-19(18-8-11-24-12-9-18)15-26-22-7-6-17(2)14-20(22)21-16-25(3)13-10-23(21)26/h7-10,12-13,15,20,22H,3-6,11,14,16-18H2,1-2H3;5-8,10-11,14,17,20H,9,12-13,15-16H2,1-4H3;4-7,9-10,12,19H,8,11,13-15H2,1-3H3;6-9,11-12,14,19H,4-5,10,13,15-16H2,1-3H3. The van der Waals surface area contributed by atoms with Crippen molar-refractivity contribution in [2.24, 2.45) is 11.8 Å². The van der Waals surface area contributed by atoms with Gasteiger partial charge in [-0.2, -0.15) is 0 Å². The van der Waals surface area contributed by atoms with E-state index in [9.17, 15) is 4.79 Å². The first kappa shape index (κ1) is 76.9. The third kappa shape index (κ3) is 17.8. The Bertz CT molecular complexity index is 5040. The second-order valence-electron chi connectivity index (χ2n) is 33.8. The van der Waals surface area contributed by atoms with Crippen molar-refractivity contribution in [1.29, 1.82) is 0 Å². The van der Waals surface area contributed by atoms with Crippen molar-refractivity contribution in [2.45, 2.75) is 215 Å². The number of fused-ring (bicyclic) bond motifs is 12. The predicted octanol–water partition coefficient (Wildman–Crippen LogP) is 19.9. The molecule has 570 valence electrons. The zero-order chi connectivity index (χ0) is 75.8. The first-order valence-electron chi connectivity index (χ1n) is 41.2. The van der Waals surface area contributed by atoms with Crippen LogP contribution >= 0.6 is 0 Å². The maximum Gasteiger partial charge on any atom is 0.130 e. The third-order valence-corrected chi connectivity index (χ3v) is 24.7. The number of likely N-dealkylation sites (N-methyl/N-ethyl adjacent to an activating group) is 4. The molecule has 1 saturated carbocycles. The largest absolute Gasteiger partial charge is 0.344 e. The van der Waals surface area contributed by atoms with E-state index in [2.05, 4.69) is 244 Å². The molecule has 1 aliphatic carbocycles. The van der Waals surface area contributed by atoms with E-state index in [1.54, 1.807) is 40.7 Å². The van der Waals surface area contributed by atoms with Crippen LogP contribution in [0, 0.1) is 39.5 Å². The van der Waals surface area contributed by atoms with E-state index in [0.717, 1.165) is 110 Å². The Labute approximate surface area is 649 Å². The van der Waals surface area contributed by atoms with Crippen LogP contribution in [0.25, 0.3) is 43.6 Å². The van der Waals surface area contributed by atoms with Crippen LogP contribution < -0.4 is 0 Å². The van der Waals surface area contributed by atoms with Crippen molar-refractivity contribution < 1.29 is 4.79 Å². The average molecular weight is 1460 g/mol. The lowest BCUT2D eigenvalue weighted by molar-refractivity contribution is -0.117. The highest BCUT2D eigenvalue weighted by Gasteiger charge is 2.31. The van der Waals surface area contributed by atoms with Crippen LogP contribution in [0.4, 0.5) is 0 Å². The molecule has 13 nitrogen and oxygen atoms in total. The number of nitrogens with zero attached hydrogens (tertiary/aromatic N) is 12. The van der Waals surface area contributed by atoms with Gasteiger partial charge in [0.25, 0.3) is 0 Å². The Balaban J connectivity index is 0.000000121. The Kier molecular flexibility index (Phi) is 24.7. The van der Waals surface area contributed by atoms with E-state index in [0.29, 0.717) is 30.1 Å². The van der Waals surface area contributed by atoms with E-state index in [1.165, 1.54) is 151 Å². The van der Waals surface area contributed by atoms with E-state index in [4.69, 9.17) is 0 Å². The van der Waals surface area contributed by atoms with E-state index in [1.807, 2.05) is 61.7 Å². The summed E-state index contributed by atoms with van der Waals surface area (Å²) in [6.07, 6.45) is 31.0. The molecule has 0 saturated heterocycles. The number of hydrogen-bond donors (Lipinski definition) is 0. The Morgan fingerprint density at radius 3 is 1.02 bits per heavy atom. The molecule has 8 aromatic heterocycles. The van der Waals surface area contributed by atoms with Crippen LogP contribution in [0.2, 0.25) is 0 Å². The maximum atomic E-state index is 12.0. The lowest BCUT2D eigenvalue weighted by Gasteiger charge is -2.27. The highest BCUT2D eigenvalue weighted by Crippen LogP contribution is 2.42. The number of carbonyl (C=O) groups is 1. The third-order valence-electron chi connectivity index (χ3n) is 24.7. The fourth-order valence-corrected chi connectivity index (χ4v) is 19.2. The number of carbonyl (C=O) groups excluding carboxylic acids is 1. The highest BCUT2D eigenvalue weighted by atomic mass is 16.1. The van der Waals surface area contributed by atoms with Gasteiger partial charge in [-0.15, -0.1) is 0 Å². The molecule has 1 fully saturated rings. The van der Waals surface area contributed by atoms with Crippen LogP contribution in [0.5, 0.6) is 0 Å². The normalized spacial score (nSPS) is 16.7. The van der Waals surface area contributed by atoms with Gasteiger partial charge in [0.15, 0.2) is 0 Å². The summed E-state index contributed by atoms with van der Waals surface area (Å²) in [5.74, 6) is 3.61. The van der Waals surface area contributed by atoms with Crippen molar-refractivity contribution in [2.75, 3.05) is 54.4 Å². The Hall–Kier alpha value is -8.85. The highest BCUT2D eigenvalue weighted by molar-refractivity contribution is 5.89. The number of aromatic nitrogens is 8. The lowest BCUT2D eigenvalue weighted by atomic mass is 9.88. The minimum atomic E-state index is 0.172. The number of aryl methyl sites for hydroxylation is 4. The molecule has 13 heteroatoms. The van der Waals surface area contributed by atoms with Crippen LogP contribution in [0.15, 0.2) is 171 Å². The van der Waals surface area contributed by atoms with Gasteiger partial charge in [0.2, 0.25) is 0 Å². The van der Waals surface area contributed by atoms with E-state index in [-0.39, 0.29) is 11.7 Å². The molecule has 0 amide bonds. The number of rotatable bonds is 20. The number of hydrogen-bond acceptors (Lipinski definition) is 9. The van der Waals surface area contributed by atoms with Crippen molar-refractivity contribution >= 4 is 49.4 Å². The van der Waals surface area contributed by atoms with Gasteiger partial charge in [0.05, 0.1) is 0 Å². The smallest absolute Gasteiger partial charge is 0.130 e. The summed E-state index contributed by atoms with van der Waals surface area (Å²) in [6, 6.07) is 45.1. The second-order valence-corrected chi connectivity index (χ2v) is 33.8. The molecule has 5 aliphatic rings. The molecule has 0 bridgehead atoms. The molecule has 4 aliphatic heterocycles.